The minimum atomic E-state index is -0.368. The van der Waals surface area contributed by atoms with Crippen LogP contribution in [0.5, 0.6) is 0 Å². The van der Waals surface area contributed by atoms with E-state index in [-0.39, 0.29) is 23.8 Å². The van der Waals surface area contributed by atoms with Crippen LogP contribution >= 0.6 is 0 Å². The molecule has 1 aliphatic heterocycles. The number of benzene rings is 1. The second kappa shape index (κ2) is 7.08. The lowest BCUT2D eigenvalue weighted by Gasteiger charge is -2.17. The van der Waals surface area contributed by atoms with Gasteiger partial charge in [-0.15, -0.1) is 0 Å². The average molecular weight is 274 g/mol. The van der Waals surface area contributed by atoms with Crippen LogP contribution in [0.4, 0.5) is 0 Å². The summed E-state index contributed by atoms with van der Waals surface area (Å²) in [4.78, 5) is 23.8. The van der Waals surface area contributed by atoms with E-state index in [0.717, 1.165) is 24.8 Å². The molecule has 1 aromatic carbocycles. The molecule has 0 aromatic heterocycles. The summed E-state index contributed by atoms with van der Waals surface area (Å²) in [6, 6.07) is 9.59. The van der Waals surface area contributed by atoms with Crippen LogP contribution < -0.4 is 10.6 Å². The van der Waals surface area contributed by atoms with Crippen molar-refractivity contribution >= 4 is 11.8 Å². The molecule has 1 heterocycles. The normalized spacial score (nSPS) is 20.6. The van der Waals surface area contributed by atoms with E-state index in [1.807, 2.05) is 37.3 Å². The van der Waals surface area contributed by atoms with Crippen molar-refractivity contribution in [1.29, 1.82) is 0 Å². The first kappa shape index (κ1) is 14.6. The summed E-state index contributed by atoms with van der Waals surface area (Å²) in [6.07, 6.45) is 3.10. The Labute approximate surface area is 119 Å². The van der Waals surface area contributed by atoms with E-state index < -0.39 is 0 Å². The Morgan fingerprint density at radius 2 is 2.10 bits per heavy atom. The van der Waals surface area contributed by atoms with Crippen molar-refractivity contribution < 1.29 is 9.59 Å². The third-order valence-electron chi connectivity index (χ3n) is 3.73. The Morgan fingerprint density at radius 1 is 1.35 bits per heavy atom. The number of hydrogen-bond donors (Lipinski definition) is 2. The van der Waals surface area contributed by atoms with E-state index in [2.05, 4.69) is 10.6 Å². The van der Waals surface area contributed by atoms with E-state index in [1.165, 1.54) is 0 Å². The lowest BCUT2D eigenvalue weighted by Crippen LogP contribution is -2.45. The van der Waals surface area contributed by atoms with Crippen molar-refractivity contribution in [2.45, 2.75) is 44.6 Å². The summed E-state index contributed by atoms with van der Waals surface area (Å²) >= 11 is 0. The van der Waals surface area contributed by atoms with E-state index in [9.17, 15) is 9.59 Å². The molecule has 2 atom stereocenters. The van der Waals surface area contributed by atoms with E-state index in [0.29, 0.717) is 13.0 Å². The first-order valence-electron chi connectivity index (χ1n) is 7.29. The van der Waals surface area contributed by atoms with Crippen LogP contribution in [0.3, 0.4) is 0 Å². The van der Waals surface area contributed by atoms with Crippen molar-refractivity contribution in [2.75, 3.05) is 6.54 Å². The second-order valence-corrected chi connectivity index (χ2v) is 5.42. The van der Waals surface area contributed by atoms with Crippen LogP contribution in [0.2, 0.25) is 0 Å². The SMILES string of the molecule is CC(CC(=O)NC1CCCCNC1=O)c1ccccc1. The highest BCUT2D eigenvalue weighted by atomic mass is 16.2. The van der Waals surface area contributed by atoms with Gasteiger partial charge in [0.1, 0.15) is 6.04 Å². The Morgan fingerprint density at radius 3 is 2.85 bits per heavy atom. The minimum absolute atomic E-state index is 0.0524. The van der Waals surface area contributed by atoms with Crippen LogP contribution in [0.1, 0.15) is 44.1 Å². The molecule has 4 nitrogen and oxygen atoms in total. The predicted molar refractivity (Wildman–Crippen MR) is 78.3 cm³/mol. The first-order chi connectivity index (χ1) is 9.66. The Kier molecular flexibility index (Phi) is 5.16. The number of amides is 2. The molecule has 4 heteroatoms. The van der Waals surface area contributed by atoms with Crippen LogP contribution in [0.15, 0.2) is 30.3 Å². The second-order valence-electron chi connectivity index (χ2n) is 5.42. The zero-order valence-corrected chi connectivity index (χ0v) is 11.9. The van der Waals surface area contributed by atoms with Gasteiger partial charge in [0, 0.05) is 13.0 Å². The fraction of sp³-hybridized carbons (Fsp3) is 0.500. The highest BCUT2D eigenvalue weighted by Crippen LogP contribution is 2.18. The van der Waals surface area contributed by atoms with E-state index >= 15 is 0 Å². The molecule has 2 unspecified atom stereocenters. The molecule has 0 radical (unpaired) electrons. The molecular formula is C16H22N2O2. The molecule has 1 saturated heterocycles. The van der Waals surface area contributed by atoms with Gasteiger partial charge >= 0.3 is 0 Å². The number of rotatable bonds is 4. The highest BCUT2D eigenvalue weighted by molar-refractivity contribution is 5.87. The molecule has 0 bridgehead atoms. The van der Waals surface area contributed by atoms with Crippen molar-refractivity contribution in [2.24, 2.45) is 0 Å². The molecule has 2 rings (SSSR count). The molecule has 0 saturated carbocycles. The smallest absolute Gasteiger partial charge is 0.242 e. The standard InChI is InChI=1S/C16H22N2O2/c1-12(13-7-3-2-4-8-13)11-15(19)18-14-9-5-6-10-17-16(14)20/h2-4,7-8,12,14H,5-6,9-11H2,1H3,(H,17,20)(H,18,19). The molecule has 1 aromatic rings. The monoisotopic (exact) mass is 274 g/mol. The first-order valence-corrected chi connectivity index (χ1v) is 7.29. The summed E-state index contributed by atoms with van der Waals surface area (Å²) in [5.41, 5.74) is 1.15. The third-order valence-corrected chi connectivity index (χ3v) is 3.73. The highest BCUT2D eigenvalue weighted by Gasteiger charge is 2.23. The fourth-order valence-electron chi connectivity index (χ4n) is 2.51. The Balaban J connectivity index is 1.87. The molecule has 108 valence electrons. The van der Waals surface area contributed by atoms with Gasteiger partial charge in [0.15, 0.2) is 0 Å². The van der Waals surface area contributed by atoms with Crippen LogP contribution in [0, 0.1) is 0 Å². The van der Waals surface area contributed by atoms with Gasteiger partial charge in [0.25, 0.3) is 0 Å². The van der Waals surface area contributed by atoms with Gasteiger partial charge in [-0.3, -0.25) is 9.59 Å². The maximum atomic E-state index is 12.1. The van der Waals surface area contributed by atoms with Gasteiger partial charge in [0.05, 0.1) is 0 Å². The van der Waals surface area contributed by atoms with Gasteiger partial charge in [-0.2, -0.15) is 0 Å². The molecule has 2 amide bonds. The van der Waals surface area contributed by atoms with Crippen molar-refractivity contribution in [3.63, 3.8) is 0 Å². The Hall–Kier alpha value is -1.84. The minimum Gasteiger partial charge on any atom is -0.354 e. The summed E-state index contributed by atoms with van der Waals surface area (Å²) < 4.78 is 0. The van der Waals surface area contributed by atoms with Crippen molar-refractivity contribution in [3.8, 4) is 0 Å². The van der Waals surface area contributed by atoms with Crippen LogP contribution in [0.25, 0.3) is 0 Å². The third kappa shape index (κ3) is 4.08. The average Bonchev–Trinajstić information content (AvgIpc) is 2.65. The van der Waals surface area contributed by atoms with Gasteiger partial charge in [-0.05, 0) is 30.7 Å². The topological polar surface area (TPSA) is 58.2 Å². The van der Waals surface area contributed by atoms with Crippen LogP contribution in [-0.2, 0) is 9.59 Å². The molecule has 20 heavy (non-hydrogen) atoms. The lowest BCUT2D eigenvalue weighted by atomic mass is 9.97. The van der Waals surface area contributed by atoms with Gasteiger partial charge in [-0.1, -0.05) is 37.3 Å². The summed E-state index contributed by atoms with van der Waals surface area (Å²) in [7, 11) is 0. The molecule has 0 spiro atoms. The zero-order chi connectivity index (χ0) is 14.4. The largest absolute Gasteiger partial charge is 0.354 e. The zero-order valence-electron chi connectivity index (χ0n) is 11.9. The number of hydrogen-bond acceptors (Lipinski definition) is 2. The van der Waals surface area contributed by atoms with Gasteiger partial charge in [0.2, 0.25) is 11.8 Å². The van der Waals surface area contributed by atoms with Gasteiger partial charge < -0.3 is 10.6 Å². The fourth-order valence-corrected chi connectivity index (χ4v) is 2.51. The van der Waals surface area contributed by atoms with Gasteiger partial charge in [-0.25, -0.2) is 0 Å². The van der Waals surface area contributed by atoms with E-state index in [1.54, 1.807) is 0 Å². The van der Waals surface area contributed by atoms with Crippen LogP contribution in [-0.4, -0.2) is 24.4 Å². The molecule has 0 aliphatic carbocycles. The summed E-state index contributed by atoms with van der Waals surface area (Å²) in [5.74, 6) is 0.0525. The Bertz CT molecular complexity index is 459. The maximum absolute atomic E-state index is 12.1. The lowest BCUT2D eigenvalue weighted by molar-refractivity contribution is -0.129. The number of carbonyl (C=O) groups is 2. The van der Waals surface area contributed by atoms with Crippen molar-refractivity contribution in [3.05, 3.63) is 35.9 Å². The summed E-state index contributed by atoms with van der Waals surface area (Å²) in [5, 5.41) is 5.69. The molecule has 2 N–H and O–H groups in total. The summed E-state index contributed by atoms with van der Waals surface area (Å²) in [6.45, 7) is 2.74. The van der Waals surface area contributed by atoms with Crippen molar-refractivity contribution in [1.82, 2.24) is 10.6 Å². The molecular weight excluding hydrogens is 252 g/mol. The quantitative estimate of drug-likeness (QED) is 0.882. The predicted octanol–water partition coefficient (Wildman–Crippen LogP) is 1.97. The molecule has 1 aliphatic rings. The number of nitrogens with one attached hydrogen (secondary N) is 2. The number of carbonyl (C=O) groups excluding carboxylic acids is 2. The maximum Gasteiger partial charge on any atom is 0.242 e. The molecule has 1 fully saturated rings. The van der Waals surface area contributed by atoms with E-state index in [4.69, 9.17) is 0 Å².